The van der Waals surface area contributed by atoms with Crippen molar-refractivity contribution in [3.63, 3.8) is 0 Å². The van der Waals surface area contributed by atoms with Gasteiger partial charge in [-0.25, -0.2) is 8.42 Å². The predicted octanol–water partition coefficient (Wildman–Crippen LogP) is 3.89. The highest BCUT2D eigenvalue weighted by molar-refractivity contribution is 9.10. The van der Waals surface area contributed by atoms with Gasteiger partial charge < -0.3 is 5.32 Å². The molecule has 1 amide bonds. The molecular weight excluding hydrogens is 416 g/mol. The summed E-state index contributed by atoms with van der Waals surface area (Å²) in [7, 11) is -3.43. The number of benzene rings is 2. The number of carbonyl (C=O) groups excluding carboxylic acids is 1. The van der Waals surface area contributed by atoms with Gasteiger partial charge in [0.25, 0.3) is 0 Å². The van der Waals surface area contributed by atoms with Crippen LogP contribution in [0.5, 0.6) is 0 Å². The molecule has 0 radical (unpaired) electrons. The summed E-state index contributed by atoms with van der Waals surface area (Å²) >= 11 is 3.38. The first-order valence-corrected chi connectivity index (χ1v) is 10.5. The van der Waals surface area contributed by atoms with Crippen molar-refractivity contribution < 1.29 is 13.2 Å². The van der Waals surface area contributed by atoms with Gasteiger partial charge in [-0.3, -0.25) is 4.79 Å². The summed E-state index contributed by atoms with van der Waals surface area (Å²) in [6.45, 7) is 1.14. The molecule has 0 saturated carbocycles. The van der Waals surface area contributed by atoms with Gasteiger partial charge in [0.15, 0.2) is 0 Å². The monoisotopic (exact) mass is 434 g/mol. The van der Waals surface area contributed by atoms with E-state index in [9.17, 15) is 13.2 Å². The minimum atomic E-state index is -3.43. The summed E-state index contributed by atoms with van der Waals surface area (Å²) in [5.74, 6) is -0.278. The second-order valence-electron chi connectivity index (χ2n) is 6.01. The predicted molar refractivity (Wildman–Crippen MR) is 106 cm³/mol. The molecule has 0 bridgehead atoms. The smallest absolute Gasteiger partial charge is 0.248 e. The number of hydrogen-bond donors (Lipinski definition) is 1. The molecule has 0 aliphatic carbocycles. The highest BCUT2D eigenvalue weighted by atomic mass is 79.9. The lowest BCUT2D eigenvalue weighted by Crippen LogP contribution is -2.27. The fourth-order valence-corrected chi connectivity index (χ4v) is 4.69. The number of hydrogen-bond acceptors (Lipinski definition) is 3. The lowest BCUT2D eigenvalue weighted by atomic mass is 10.2. The van der Waals surface area contributed by atoms with Gasteiger partial charge in [-0.2, -0.15) is 4.31 Å². The zero-order valence-corrected chi connectivity index (χ0v) is 16.5. The molecule has 0 aromatic heterocycles. The average molecular weight is 435 g/mol. The molecule has 0 atom stereocenters. The molecule has 3 rings (SSSR count). The molecule has 136 valence electrons. The number of sulfonamides is 1. The maximum Gasteiger partial charge on any atom is 0.248 e. The standard InChI is InChI=1S/C19H19BrN2O3S/c20-16-5-3-4-15(14-16)6-11-19(23)21-17-7-9-18(10-8-17)26(24,25)22-12-1-2-13-22/h3-11,14H,1-2,12-13H2,(H,21,23). The first kappa shape index (κ1) is 18.8. The molecule has 1 aliphatic heterocycles. The number of carbonyl (C=O) groups is 1. The van der Waals surface area contributed by atoms with Crippen LogP contribution in [0.15, 0.2) is 64.0 Å². The van der Waals surface area contributed by atoms with Crippen molar-refractivity contribution in [2.75, 3.05) is 18.4 Å². The van der Waals surface area contributed by atoms with Crippen LogP contribution >= 0.6 is 15.9 Å². The number of nitrogens with zero attached hydrogens (tertiary/aromatic N) is 1. The molecule has 7 heteroatoms. The van der Waals surface area contributed by atoms with E-state index in [4.69, 9.17) is 0 Å². The van der Waals surface area contributed by atoms with E-state index in [0.29, 0.717) is 18.8 Å². The van der Waals surface area contributed by atoms with Gasteiger partial charge in [0.1, 0.15) is 0 Å². The minimum Gasteiger partial charge on any atom is -0.323 e. The summed E-state index contributed by atoms with van der Waals surface area (Å²) in [6.07, 6.45) is 4.96. The summed E-state index contributed by atoms with van der Waals surface area (Å²) in [4.78, 5) is 12.3. The van der Waals surface area contributed by atoms with E-state index >= 15 is 0 Å². The Kier molecular flexibility index (Phi) is 5.90. The van der Waals surface area contributed by atoms with Crippen molar-refractivity contribution in [2.24, 2.45) is 0 Å². The molecule has 1 heterocycles. The third-order valence-corrected chi connectivity index (χ3v) is 6.51. The molecule has 1 N–H and O–H groups in total. The van der Waals surface area contributed by atoms with Crippen LogP contribution in [-0.2, 0) is 14.8 Å². The van der Waals surface area contributed by atoms with Crippen molar-refractivity contribution in [2.45, 2.75) is 17.7 Å². The van der Waals surface area contributed by atoms with Crippen molar-refractivity contribution in [1.29, 1.82) is 0 Å². The topological polar surface area (TPSA) is 66.5 Å². The van der Waals surface area contributed by atoms with Crippen LogP contribution in [0.25, 0.3) is 6.08 Å². The first-order chi connectivity index (χ1) is 12.4. The Balaban J connectivity index is 1.64. The molecule has 1 aliphatic rings. The zero-order chi connectivity index (χ0) is 18.6. The van der Waals surface area contributed by atoms with Gasteiger partial charge in [0.05, 0.1) is 4.90 Å². The van der Waals surface area contributed by atoms with Crippen molar-refractivity contribution in [3.8, 4) is 0 Å². The number of nitrogens with one attached hydrogen (secondary N) is 1. The van der Waals surface area contributed by atoms with Crippen LogP contribution in [-0.4, -0.2) is 31.7 Å². The largest absolute Gasteiger partial charge is 0.323 e. The summed E-state index contributed by atoms with van der Waals surface area (Å²) in [6, 6.07) is 13.9. The summed E-state index contributed by atoms with van der Waals surface area (Å²) < 4.78 is 27.4. The third kappa shape index (κ3) is 4.60. The Labute approximate surface area is 161 Å². The van der Waals surface area contributed by atoms with Crippen molar-refractivity contribution in [3.05, 3.63) is 64.6 Å². The number of rotatable bonds is 5. The van der Waals surface area contributed by atoms with Crippen LogP contribution in [0.2, 0.25) is 0 Å². The number of anilines is 1. The van der Waals surface area contributed by atoms with Gasteiger partial charge in [-0.1, -0.05) is 28.1 Å². The first-order valence-electron chi connectivity index (χ1n) is 8.30. The fraction of sp³-hybridized carbons (Fsp3) is 0.211. The Morgan fingerprint density at radius 1 is 1.08 bits per heavy atom. The molecule has 26 heavy (non-hydrogen) atoms. The fourth-order valence-electron chi connectivity index (χ4n) is 2.75. The van der Waals surface area contributed by atoms with E-state index in [1.54, 1.807) is 18.2 Å². The van der Waals surface area contributed by atoms with Crippen LogP contribution < -0.4 is 5.32 Å². The second-order valence-corrected chi connectivity index (χ2v) is 8.87. The van der Waals surface area contributed by atoms with E-state index < -0.39 is 10.0 Å². The number of amides is 1. The normalized spacial score (nSPS) is 15.4. The SMILES string of the molecule is O=C(C=Cc1cccc(Br)c1)Nc1ccc(S(=O)(=O)N2CCCC2)cc1. The maximum atomic E-state index is 12.5. The van der Waals surface area contributed by atoms with E-state index in [2.05, 4.69) is 21.2 Å². The Morgan fingerprint density at radius 3 is 2.42 bits per heavy atom. The summed E-state index contributed by atoms with van der Waals surface area (Å²) in [5, 5.41) is 2.73. The highest BCUT2D eigenvalue weighted by Gasteiger charge is 2.26. The molecule has 1 fully saturated rings. The molecule has 2 aromatic rings. The Hall–Kier alpha value is -1.96. The van der Waals surface area contributed by atoms with Gasteiger partial charge in [0, 0.05) is 29.3 Å². The summed E-state index contributed by atoms with van der Waals surface area (Å²) in [5.41, 5.74) is 1.45. The van der Waals surface area contributed by atoms with E-state index in [0.717, 1.165) is 22.9 Å². The van der Waals surface area contributed by atoms with Gasteiger partial charge >= 0.3 is 0 Å². The number of halogens is 1. The van der Waals surface area contributed by atoms with Crippen molar-refractivity contribution >= 4 is 43.6 Å². The van der Waals surface area contributed by atoms with Crippen LogP contribution in [0.3, 0.4) is 0 Å². The highest BCUT2D eigenvalue weighted by Crippen LogP contribution is 2.22. The van der Waals surface area contributed by atoms with Crippen LogP contribution in [0.4, 0.5) is 5.69 Å². The van der Waals surface area contributed by atoms with Crippen LogP contribution in [0.1, 0.15) is 18.4 Å². The Bertz CT molecular complexity index is 918. The molecule has 5 nitrogen and oxygen atoms in total. The van der Waals surface area contributed by atoms with E-state index in [1.165, 1.54) is 22.5 Å². The van der Waals surface area contributed by atoms with E-state index in [-0.39, 0.29) is 10.8 Å². The molecule has 0 unspecified atom stereocenters. The average Bonchev–Trinajstić information content (AvgIpc) is 3.16. The molecule has 2 aromatic carbocycles. The zero-order valence-electron chi connectivity index (χ0n) is 14.1. The van der Waals surface area contributed by atoms with Gasteiger partial charge in [-0.15, -0.1) is 0 Å². The van der Waals surface area contributed by atoms with E-state index in [1.807, 2.05) is 24.3 Å². The Morgan fingerprint density at radius 2 is 1.77 bits per heavy atom. The maximum absolute atomic E-state index is 12.5. The lowest BCUT2D eigenvalue weighted by Gasteiger charge is -2.15. The minimum absolute atomic E-state index is 0.252. The van der Waals surface area contributed by atoms with Gasteiger partial charge in [0.2, 0.25) is 15.9 Å². The molecule has 0 spiro atoms. The third-order valence-electron chi connectivity index (χ3n) is 4.10. The van der Waals surface area contributed by atoms with Crippen LogP contribution in [0, 0.1) is 0 Å². The lowest BCUT2D eigenvalue weighted by molar-refractivity contribution is -0.111. The quantitative estimate of drug-likeness (QED) is 0.725. The second kappa shape index (κ2) is 8.16. The molecular formula is C19H19BrN2O3S. The van der Waals surface area contributed by atoms with Gasteiger partial charge in [-0.05, 0) is 60.9 Å². The molecule has 1 saturated heterocycles. The van der Waals surface area contributed by atoms with Crippen molar-refractivity contribution in [1.82, 2.24) is 4.31 Å².